The molecule has 0 N–H and O–H groups in total. The summed E-state index contributed by atoms with van der Waals surface area (Å²) < 4.78 is 10.0. The molecule has 2 heterocycles. The number of nitrogens with zero attached hydrogens (tertiary/aromatic N) is 1. The van der Waals surface area contributed by atoms with Gasteiger partial charge in [0.2, 0.25) is 0 Å². The van der Waals surface area contributed by atoms with E-state index in [2.05, 4.69) is 4.98 Å². The zero-order valence-electron chi connectivity index (χ0n) is 12.5. The van der Waals surface area contributed by atoms with E-state index < -0.39 is 0 Å². The fraction of sp³-hybridized carbons (Fsp3) is 0.312. The molecule has 0 saturated carbocycles. The van der Waals surface area contributed by atoms with Gasteiger partial charge in [-0.1, -0.05) is 13.8 Å². The van der Waals surface area contributed by atoms with E-state index in [1.54, 1.807) is 24.3 Å². The van der Waals surface area contributed by atoms with Crippen LogP contribution in [0.4, 0.5) is 0 Å². The van der Waals surface area contributed by atoms with Gasteiger partial charge in [-0.05, 0) is 24.3 Å². The van der Waals surface area contributed by atoms with E-state index in [4.69, 9.17) is 9.15 Å². The normalized spacial score (nSPS) is 9.48. The van der Waals surface area contributed by atoms with Gasteiger partial charge in [-0.3, -0.25) is 9.59 Å². The van der Waals surface area contributed by atoms with E-state index >= 15 is 0 Å². The molecule has 0 aliphatic rings. The minimum absolute atomic E-state index is 0.0763. The highest BCUT2D eigenvalue weighted by atomic mass is 16.5. The smallest absolute Gasteiger partial charge is 0.198 e. The maximum absolute atomic E-state index is 12.0. The van der Waals surface area contributed by atoms with E-state index in [1.165, 1.54) is 19.6 Å². The van der Waals surface area contributed by atoms with Gasteiger partial charge in [0.25, 0.3) is 0 Å². The molecule has 2 aromatic heterocycles. The van der Waals surface area contributed by atoms with Gasteiger partial charge in [-0.15, -0.1) is 0 Å². The number of rotatable bonds is 6. The predicted molar refractivity (Wildman–Crippen MR) is 78.7 cm³/mol. The number of ether oxygens (including phenoxy) is 1. The van der Waals surface area contributed by atoms with Crippen molar-refractivity contribution in [2.45, 2.75) is 26.7 Å². The number of hydrogen-bond acceptors (Lipinski definition) is 5. The summed E-state index contributed by atoms with van der Waals surface area (Å²) in [5.74, 6) is 0.254. The zero-order chi connectivity index (χ0) is 15.7. The molecule has 0 bridgehead atoms. The van der Waals surface area contributed by atoms with E-state index in [1.807, 2.05) is 13.8 Å². The summed E-state index contributed by atoms with van der Waals surface area (Å²) in [7, 11) is 1.47. The van der Waals surface area contributed by atoms with Gasteiger partial charge in [0, 0.05) is 19.0 Å². The Morgan fingerprint density at radius 2 is 1.86 bits per heavy atom. The van der Waals surface area contributed by atoms with Gasteiger partial charge in [-0.25, -0.2) is 4.98 Å². The van der Waals surface area contributed by atoms with Gasteiger partial charge in [-0.2, -0.15) is 0 Å². The summed E-state index contributed by atoms with van der Waals surface area (Å²) in [6.45, 7) is 4.00. The molecule has 0 unspecified atom stereocenters. The number of Topliss-reactive ketones (excluding diaryl/α,β-unsaturated/α-hetero) is 2. The van der Waals surface area contributed by atoms with E-state index in [-0.39, 0.29) is 35.9 Å². The Labute approximate surface area is 123 Å². The molecule has 0 aliphatic carbocycles. The molecule has 0 radical (unpaired) electrons. The monoisotopic (exact) mass is 289 g/mol. The second-order valence-corrected chi connectivity index (χ2v) is 3.88. The Bertz CT molecular complexity index is 576. The minimum atomic E-state index is -0.225. The Hall–Kier alpha value is -2.43. The Kier molecular flexibility index (Phi) is 6.87. The van der Waals surface area contributed by atoms with Gasteiger partial charge < -0.3 is 9.15 Å². The van der Waals surface area contributed by atoms with Gasteiger partial charge in [0.15, 0.2) is 17.3 Å². The lowest BCUT2D eigenvalue weighted by atomic mass is 10.1. The zero-order valence-corrected chi connectivity index (χ0v) is 12.5. The summed E-state index contributed by atoms with van der Waals surface area (Å²) >= 11 is 0. The van der Waals surface area contributed by atoms with Crippen molar-refractivity contribution in [3.63, 3.8) is 0 Å². The topological polar surface area (TPSA) is 69.4 Å². The van der Waals surface area contributed by atoms with Crippen molar-refractivity contribution in [2.24, 2.45) is 0 Å². The maximum Gasteiger partial charge on any atom is 0.198 e. The quantitative estimate of drug-likeness (QED) is 0.760. The van der Waals surface area contributed by atoms with Gasteiger partial charge >= 0.3 is 0 Å². The summed E-state index contributed by atoms with van der Waals surface area (Å²) in [4.78, 5) is 27.7. The summed E-state index contributed by atoms with van der Waals surface area (Å²) in [5, 5.41) is 0. The molecule has 21 heavy (non-hydrogen) atoms. The molecule has 0 aromatic carbocycles. The molecule has 0 amide bonds. The number of hydrogen-bond donors (Lipinski definition) is 0. The molecule has 0 fully saturated rings. The molecule has 2 rings (SSSR count). The highest BCUT2D eigenvalue weighted by molar-refractivity contribution is 6.01. The van der Waals surface area contributed by atoms with Crippen LogP contribution >= 0.6 is 0 Å². The van der Waals surface area contributed by atoms with E-state index in [0.717, 1.165) is 0 Å². The van der Waals surface area contributed by atoms with Crippen molar-refractivity contribution in [3.05, 3.63) is 48.2 Å². The lowest BCUT2D eigenvalue weighted by molar-refractivity contribution is 0.0898. The third-order valence-corrected chi connectivity index (χ3v) is 2.63. The first-order valence-electron chi connectivity index (χ1n) is 6.81. The number of carbonyl (C=O) groups excluding carboxylic acids is 2. The average Bonchev–Trinajstić information content (AvgIpc) is 3.08. The second-order valence-electron chi connectivity index (χ2n) is 3.88. The van der Waals surface area contributed by atoms with E-state index in [9.17, 15) is 9.59 Å². The minimum Gasteiger partial charge on any atom is -0.494 e. The van der Waals surface area contributed by atoms with Crippen LogP contribution in [-0.4, -0.2) is 23.7 Å². The van der Waals surface area contributed by atoms with Crippen molar-refractivity contribution in [1.82, 2.24) is 4.98 Å². The van der Waals surface area contributed by atoms with Crippen molar-refractivity contribution in [3.8, 4) is 5.75 Å². The van der Waals surface area contributed by atoms with E-state index in [0.29, 0.717) is 5.75 Å². The van der Waals surface area contributed by atoms with Crippen LogP contribution in [0.25, 0.3) is 0 Å². The van der Waals surface area contributed by atoms with Crippen LogP contribution in [0.3, 0.4) is 0 Å². The lowest BCUT2D eigenvalue weighted by Crippen LogP contribution is -2.08. The standard InChI is InChI=1S/C14H13NO4.C2H6/c1-18-13-4-2-8-15-14(13)11(17)7-6-10(16)12-5-3-9-19-12;1-2/h2-5,8-9H,6-7H2,1H3;1-2H3. The fourth-order valence-corrected chi connectivity index (χ4v) is 1.67. The third-order valence-electron chi connectivity index (χ3n) is 2.63. The van der Waals surface area contributed by atoms with Crippen LogP contribution in [0, 0.1) is 0 Å². The number of ketones is 2. The third kappa shape index (κ3) is 4.56. The number of methoxy groups -OCH3 is 1. The first kappa shape index (κ1) is 16.6. The summed E-state index contributed by atoms with van der Waals surface area (Å²) in [6, 6.07) is 6.56. The lowest BCUT2D eigenvalue weighted by Gasteiger charge is -2.05. The van der Waals surface area contributed by atoms with Crippen LogP contribution in [0.5, 0.6) is 5.75 Å². The molecule has 2 aromatic rings. The molecule has 0 spiro atoms. The van der Waals surface area contributed by atoms with Gasteiger partial charge in [0.1, 0.15) is 11.4 Å². The number of aromatic nitrogens is 1. The largest absolute Gasteiger partial charge is 0.494 e. The van der Waals surface area contributed by atoms with Crippen molar-refractivity contribution in [1.29, 1.82) is 0 Å². The average molecular weight is 289 g/mol. The predicted octanol–water partition coefficient (Wildman–Crippen LogP) is 3.56. The first-order valence-corrected chi connectivity index (χ1v) is 6.81. The Morgan fingerprint density at radius 1 is 1.14 bits per heavy atom. The van der Waals surface area contributed by atoms with Crippen LogP contribution in [0.15, 0.2) is 41.1 Å². The summed E-state index contributed by atoms with van der Waals surface area (Å²) in [6.07, 6.45) is 3.11. The molecule has 112 valence electrons. The van der Waals surface area contributed by atoms with Crippen LogP contribution in [0.2, 0.25) is 0 Å². The highest BCUT2D eigenvalue weighted by Crippen LogP contribution is 2.17. The Morgan fingerprint density at radius 3 is 2.48 bits per heavy atom. The molecular formula is C16H19NO4. The van der Waals surface area contributed by atoms with Crippen LogP contribution in [-0.2, 0) is 0 Å². The molecule has 0 atom stereocenters. The molecule has 0 saturated heterocycles. The van der Waals surface area contributed by atoms with Crippen LogP contribution in [0.1, 0.15) is 47.7 Å². The number of furan rings is 1. The summed E-state index contributed by atoms with van der Waals surface area (Å²) in [5.41, 5.74) is 0.247. The Balaban J connectivity index is 0.00000106. The van der Waals surface area contributed by atoms with Crippen molar-refractivity contribution in [2.75, 3.05) is 7.11 Å². The SMILES string of the molecule is CC.COc1cccnc1C(=O)CCC(=O)c1ccco1. The molecule has 5 heteroatoms. The van der Waals surface area contributed by atoms with Crippen LogP contribution < -0.4 is 4.74 Å². The number of pyridine rings is 1. The molecular weight excluding hydrogens is 270 g/mol. The van der Waals surface area contributed by atoms with Crippen molar-refractivity contribution >= 4 is 11.6 Å². The molecule has 0 aliphatic heterocycles. The van der Waals surface area contributed by atoms with Crippen molar-refractivity contribution < 1.29 is 18.7 Å². The maximum atomic E-state index is 12.0. The highest BCUT2D eigenvalue weighted by Gasteiger charge is 2.16. The first-order chi connectivity index (χ1) is 10.2. The fourth-order valence-electron chi connectivity index (χ4n) is 1.67. The van der Waals surface area contributed by atoms with Gasteiger partial charge in [0.05, 0.1) is 13.4 Å². The molecule has 5 nitrogen and oxygen atoms in total. The second kappa shape index (κ2) is 8.68. The number of carbonyl (C=O) groups is 2.